The van der Waals surface area contributed by atoms with Crippen LogP contribution < -0.4 is 4.74 Å². The Morgan fingerprint density at radius 1 is 1.23 bits per heavy atom. The summed E-state index contributed by atoms with van der Waals surface area (Å²) in [5.74, 6) is 0.342. The van der Waals surface area contributed by atoms with E-state index in [0.29, 0.717) is 21.5 Å². The van der Waals surface area contributed by atoms with Gasteiger partial charge in [-0.3, -0.25) is 0 Å². The molecule has 0 spiro atoms. The average molecular weight is 340 g/mol. The number of methoxy groups -OCH3 is 1. The smallest absolute Gasteiger partial charge is 0.218 e. The number of benzene rings is 1. The van der Waals surface area contributed by atoms with Gasteiger partial charge in [-0.05, 0) is 36.2 Å². The second kappa shape index (κ2) is 7.82. The van der Waals surface area contributed by atoms with Crippen LogP contribution in [0.1, 0.15) is 42.9 Å². The van der Waals surface area contributed by atoms with Crippen molar-refractivity contribution in [3.8, 4) is 5.88 Å². The monoisotopic (exact) mass is 339 g/mol. The van der Waals surface area contributed by atoms with E-state index in [1.807, 2.05) is 18.2 Å². The predicted molar refractivity (Wildman–Crippen MR) is 89.9 cm³/mol. The summed E-state index contributed by atoms with van der Waals surface area (Å²) in [4.78, 5) is 4.16. The van der Waals surface area contributed by atoms with E-state index in [4.69, 9.17) is 27.9 Å². The lowest BCUT2D eigenvalue weighted by atomic mass is 9.86. The fourth-order valence-corrected chi connectivity index (χ4v) is 2.88. The number of hydrogen-bond acceptors (Lipinski definition) is 3. The number of aromatic nitrogens is 1. The SMILES string of the molecule is CCCC(c1ccc(Cl)c(Cl)c1)[C@@H](O)c1cccnc1OC. The molecule has 5 heteroatoms. The highest BCUT2D eigenvalue weighted by atomic mass is 35.5. The quantitative estimate of drug-likeness (QED) is 0.803. The van der Waals surface area contributed by atoms with E-state index in [9.17, 15) is 5.11 Å². The molecule has 0 saturated carbocycles. The van der Waals surface area contributed by atoms with Crippen LogP contribution in [0.25, 0.3) is 0 Å². The maximum Gasteiger partial charge on any atom is 0.218 e. The lowest BCUT2D eigenvalue weighted by Gasteiger charge is -2.24. The minimum absolute atomic E-state index is 0.0992. The van der Waals surface area contributed by atoms with Gasteiger partial charge < -0.3 is 9.84 Å². The molecule has 0 saturated heterocycles. The van der Waals surface area contributed by atoms with Crippen molar-refractivity contribution in [2.24, 2.45) is 0 Å². The number of hydrogen-bond donors (Lipinski definition) is 1. The number of ether oxygens (including phenoxy) is 1. The molecule has 0 aliphatic carbocycles. The molecule has 2 rings (SSSR count). The highest BCUT2D eigenvalue weighted by molar-refractivity contribution is 6.42. The minimum atomic E-state index is -0.721. The molecule has 3 nitrogen and oxygen atoms in total. The van der Waals surface area contributed by atoms with Gasteiger partial charge in [0.25, 0.3) is 0 Å². The number of halogens is 2. The molecular formula is C17H19Cl2NO2. The van der Waals surface area contributed by atoms with E-state index >= 15 is 0 Å². The van der Waals surface area contributed by atoms with E-state index in [1.165, 1.54) is 0 Å². The molecule has 1 unspecified atom stereocenters. The normalized spacial score (nSPS) is 13.7. The van der Waals surface area contributed by atoms with Crippen molar-refractivity contribution in [3.05, 3.63) is 57.7 Å². The lowest BCUT2D eigenvalue weighted by molar-refractivity contribution is 0.135. The Kier molecular flexibility index (Phi) is 6.07. The van der Waals surface area contributed by atoms with Gasteiger partial charge in [-0.2, -0.15) is 0 Å². The van der Waals surface area contributed by atoms with Crippen LogP contribution in [0, 0.1) is 0 Å². The van der Waals surface area contributed by atoms with Gasteiger partial charge >= 0.3 is 0 Å². The van der Waals surface area contributed by atoms with E-state index in [0.717, 1.165) is 18.4 Å². The molecule has 2 aromatic rings. The maximum atomic E-state index is 10.8. The Morgan fingerprint density at radius 3 is 2.64 bits per heavy atom. The molecule has 0 aliphatic rings. The van der Waals surface area contributed by atoms with Gasteiger partial charge in [0.2, 0.25) is 5.88 Å². The van der Waals surface area contributed by atoms with Gasteiger partial charge in [0.1, 0.15) is 0 Å². The topological polar surface area (TPSA) is 42.4 Å². The summed E-state index contributed by atoms with van der Waals surface area (Å²) in [5, 5.41) is 11.8. The zero-order valence-corrected chi connectivity index (χ0v) is 14.1. The standard InChI is InChI=1S/C17H19Cl2NO2/c1-3-5-12(11-7-8-14(18)15(19)10-11)16(21)13-6-4-9-20-17(13)22-2/h4,6-10,12,16,21H,3,5H2,1-2H3/t12?,16-/m1/s1. The van der Waals surface area contributed by atoms with Crippen LogP contribution in [-0.2, 0) is 0 Å². The van der Waals surface area contributed by atoms with Crippen LogP contribution in [0.4, 0.5) is 0 Å². The van der Waals surface area contributed by atoms with Gasteiger partial charge in [0.05, 0.1) is 23.3 Å². The van der Waals surface area contributed by atoms with Crippen molar-refractivity contribution >= 4 is 23.2 Å². The Hall–Kier alpha value is -1.29. The van der Waals surface area contributed by atoms with E-state index in [2.05, 4.69) is 11.9 Å². The summed E-state index contributed by atoms with van der Waals surface area (Å²) in [6.07, 6.45) is 2.67. The minimum Gasteiger partial charge on any atom is -0.481 e. The molecule has 118 valence electrons. The first-order valence-corrected chi connectivity index (χ1v) is 7.96. The fourth-order valence-electron chi connectivity index (χ4n) is 2.58. The first-order valence-electron chi connectivity index (χ1n) is 7.20. The van der Waals surface area contributed by atoms with Crippen molar-refractivity contribution in [2.75, 3.05) is 7.11 Å². The highest BCUT2D eigenvalue weighted by Gasteiger charge is 2.25. The molecule has 1 aromatic carbocycles. The molecule has 1 heterocycles. The molecule has 1 aromatic heterocycles. The largest absolute Gasteiger partial charge is 0.481 e. The molecule has 0 fully saturated rings. The number of rotatable bonds is 6. The lowest BCUT2D eigenvalue weighted by Crippen LogP contribution is -2.12. The Morgan fingerprint density at radius 2 is 2.00 bits per heavy atom. The predicted octanol–water partition coefficient (Wildman–Crippen LogP) is 5.01. The van der Waals surface area contributed by atoms with Crippen molar-refractivity contribution in [1.29, 1.82) is 0 Å². The van der Waals surface area contributed by atoms with Crippen LogP contribution in [0.5, 0.6) is 5.88 Å². The summed E-state index contributed by atoms with van der Waals surface area (Å²) in [6, 6.07) is 9.10. The van der Waals surface area contributed by atoms with Gasteiger partial charge in [-0.1, -0.05) is 42.6 Å². The number of aliphatic hydroxyl groups is 1. The summed E-state index contributed by atoms with van der Waals surface area (Å²) in [6.45, 7) is 2.08. The van der Waals surface area contributed by atoms with E-state index in [1.54, 1.807) is 25.4 Å². The van der Waals surface area contributed by atoms with Crippen LogP contribution >= 0.6 is 23.2 Å². The van der Waals surface area contributed by atoms with Crippen molar-refractivity contribution < 1.29 is 9.84 Å². The number of pyridine rings is 1. The highest BCUT2D eigenvalue weighted by Crippen LogP contribution is 2.39. The molecule has 0 bridgehead atoms. The fraction of sp³-hybridized carbons (Fsp3) is 0.353. The molecule has 0 amide bonds. The van der Waals surface area contributed by atoms with E-state index < -0.39 is 6.10 Å². The van der Waals surface area contributed by atoms with Crippen molar-refractivity contribution in [2.45, 2.75) is 31.8 Å². The van der Waals surface area contributed by atoms with Crippen molar-refractivity contribution in [3.63, 3.8) is 0 Å². The summed E-state index contributed by atoms with van der Waals surface area (Å²) >= 11 is 12.1. The van der Waals surface area contributed by atoms with Gasteiger partial charge in [0.15, 0.2) is 0 Å². The molecule has 22 heavy (non-hydrogen) atoms. The number of aliphatic hydroxyl groups excluding tert-OH is 1. The average Bonchev–Trinajstić information content (AvgIpc) is 2.54. The third-order valence-corrected chi connectivity index (χ3v) is 4.40. The first kappa shape index (κ1) is 17.1. The van der Waals surface area contributed by atoms with Gasteiger partial charge in [-0.15, -0.1) is 0 Å². The molecule has 2 atom stereocenters. The molecule has 0 aliphatic heterocycles. The zero-order valence-electron chi connectivity index (χ0n) is 12.6. The third kappa shape index (κ3) is 3.72. The Labute approximate surface area is 140 Å². The summed E-state index contributed by atoms with van der Waals surface area (Å²) in [5.41, 5.74) is 1.63. The van der Waals surface area contributed by atoms with Crippen LogP contribution in [-0.4, -0.2) is 17.2 Å². The molecule has 1 N–H and O–H groups in total. The second-order valence-corrected chi connectivity index (χ2v) is 5.93. The summed E-state index contributed by atoms with van der Waals surface area (Å²) in [7, 11) is 1.55. The van der Waals surface area contributed by atoms with Gasteiger partial charge in [-0.25, -0.2) is 4.98 Å². The maximum absolute atomic E-state index is 10.8. The summed E-state index contributed by atoms with van der Waals surface area (Å²) < 4.78 is 5.26. The Bertz CT molecular complexity index is 634. The van der Waals surface area contributed by atoms with Crippen LogP contribution in [0.2, 0.25) is 10.0 Å². The van der Waals surface area contributed by atoms with Gasteiger partial charge in [0, 0.05) is 17.7 Å². The molecular weight excluding hydrogens is 321 g/mol. The zero-order chi connectivity index (χ0) is 16.1. The Balaban J connectivity index is 2.40. The van der Waals surface area contributed by atoms with E-state index in [-0.39, 0.29) is 5.92 Å². The van der Waals surface area contributed by atoms with Crippen LogP contribution in [0.3, 0.4) is 0 Å². The van der Waals surface area contributed by atoms with Crippen LogP contribution in [0.15, 0.2) is 36.5 Å². The number of nitrogens with zero attached hydrogens (tertiary/aromatic N) is 1. The third-order valence-electron chi connectivity index (χ3n) is 3.67. The second-order valence-electron chi connectivity index (χ2n) is 5.12. The molecule has 0 radical (unpaired) electrons. The first-order chi connectivity index (χ1) is 10.6. The van der Waals surface area contributed by atoms with Crippen molar-refractivity contribution in [1.82, 2.24) is 4.98 Å².